The highest BCUT2D eigenvalue weighted by Crippen LogP contribution is 2.25. The number of rotatable bonds is 6. The van der Waals surface area contributed by atoms with Crippen molar-refractivity contribution in [2.24, 2.45) is 5.92 Å². The summed E-state index contributed by atoms with van der Waals surface area (Å²) in [6.07, 6.45) is 8.14. The number of nitrogens with one attached hydrogen (secondary N) is 1. The van der Waals surface area contributed by atoms with E-state index in [1.807, 2.05) is 29.7 Å². The summed E-state index contributed by atoms with van der Waals surface area (Å²) in [6, 6.07) is 8.92. The van der Waals surface area contributed by atoms with Gasteiger partial charge in [0.15, 0.2) is 0 Å². The van der Waals surface area contributed by atoms with Crippen molar-refractivity contribution in [1.82, 2.24) is 20.1 Å². The molecule has 2 fully saturated rings. The lowest BCUT2D eigenvalue weighted by Gasteiger charge is -2.42. The van der Waals surface area contributed by atoms with E-state index in [0.29, 0.717) is 12.6 Å². The van der Waals surface area contributed by atoms with Gasteiger partial charge in [-0.15, -0.1) is 11.3 Å². The number of hydrogen-bond donors (Lipinski definition) is 1. The summed E-state index contributed by atoms with van der Waals surface area (Å²) in [4.78, 5) is 23.4. The number of hydrogen-bond acceptors (Lipinski definition) is 5. The number of aromatic nitrogens is 1. The van der Waals surface area contributed by atoms with Crippen LogP contribution in [0.1, 0.15) is 36.1 Å². The normalized spacial score (nSPS) is 22.2. The van der Waals surface area contributed by atoms with E-state index < -0.39 is 0 Å². The molecule has 2 aliphatic rings. The SMILES string of the molecule is O=C(NCc1cccnc1)C1CCCN(C2CCN(Cc3cccs3)CC2)C1. The van der Waals surface area contributed by atoms with Crippen molar-refractivity contribution in [3.63, 3.8) is 0 Å². The van der Waals surface area contributed by atoms with Crippen LogP contribution in [0.3, 0.4) is 0 Å². The fourth-order valence-electron chi connectivity index (χ4n) is 4.45. The number of piperidine rings is 2. The third kappa shape index (κ3) is 5.19. The first-order chi connectivity index (χ1) is 13.8. The van der Waals surface area contributed by atoms with Crippen molar-refractivity contribution >= 4 is 17.2 Å². The molecule has 150 valence electrons. The van der Waals surface area contributed by atoms with Gasteiger partial charge >= 0.3 is 0 Å². The molecule has 2 aliphatic heterocycles. The first-order valence-corrected chi connectivity index (χ1v) is 11.3. The Kier molecular flexibility index (Phi) is 6.73. The highest BCUT2D eigenvalue weighted by molar-refractivity contribution is 7.09. The zero-order valence-electron chi connectivity index (χ0n) is 16.4. The van der Waals surface area contributed by atoms with Crippen LogP contribution in [0.25, 0.3) is 0 Å². The van der Waals surface area contributed by atoms with Gasteiger partial charge in [-0.3, -0.25) is 19.6 Å². The topological polar surface area (TPSA) is 48.5 Å². The predicted octanol–water partition coefficient (Wildman–Crippen LogP) is 3.14. The van der Waals surface area contributed by atoms with Gasteiger partial charge in [-0.25, -0.2) is 0 Å². The van der Waals surface area contributed by atoms with E-state index >= 15 is 0 Å². The second-order valence-corrected chi connectivity index (χ2v) is 9.03. The maximum absolute atomic E-state index is 12.7. The number of thiophene rings is 1. The van der Waals surface area contributed by atoms with Gasteiger partial charge in [0, 0.05) is 56.0 Å². The molecule has 28 heavy (non-hydrogen) atoms. The Morgan fingerprint density at radius 3 is 2.82 bits per heavy atom. The minimum absolute atomic E-state index is 0.120. The summed E-state index contributed by atoms with van der Waals surface area (Å²) in [5, 5.41) is 5.27. The molecule has 1 amide bonds. The molecule has 4 heterocycles. The lowest BCUT2D eigenvalue weighted by molar-refractivity contribution is -0.127. The smallest absolute Gasteiger partial charge is 0.224 e. The first kappa shape index (κ1) is 19.6. The third-order valence-corrected chi connectivity index (χ3v) is 6.91. The van der Waals surface area contributed by atoms with E-state index in [4.69, 9.17) is 0 Å². The van der Waals surface area contributed by atoms with E-state index in [0.717, 1.165) is 51.1 Å². The molecule has 0 saturated carbocycles. The van der Waals surface area contributed by atoms with E-state index in [2.05, 4.69) is 37.6 Å². The summed E-state index contributed by atoms with van der Waals surface area (Å²) in [7, 11) is 0. The third-order valence-electron chi connectivity index (χ3n) is 6.05. The Balaban J connectivity index is 1.23. The minimum atomic E-state index is 0.120. The molecule has 6 heteroatoms. The molecule has 0 bridgehead atoms. The van der Waals surface area contributed by atoms with Crippen LogP contribution in [0.2, 0.25) is 0 Å². The van der Waals surface area contributed by atoms with Gasteiger partial charge in [0.2, 0.25) is 5.91 Å². The standard InChI is InChI=1S/C22H30N4OS/c27-22(24-15-18-4-1-9-23-14-18)19-5-2-10-26(16-19)20-7-11-25(12-8-20)17-21-6-3-13-28-21/h1,3-4,6,9,13-14,19-20H,2,5,7-8,10-12,15-17H2,(H,24,27). The van der Waals surface area contributed by atoms with Crippen LogP contribution in [0, 0.1) is 5.92 Å². The number of likely N-dealkylation sites (tertiary alicyclic amines) is 2. The maximum Gasteiger partial charge on any atom is 0.224 e. The highest BCUT2D eigenvalue weighted by Gasteiger charge is 2.31. The highest BCUT2D eigenvalue weighted by atomic mass is 32.1. The van der Waals surface area contributed by atoms with Gasteiger partial charge in [0.1, 0.15) is 0 Å². The van der Waals surface area contributed by atoms with Gasteiger partial charge < -0.3 is 5.32 Å². The predicted molar refractivity (Wildman–Crippen MR) is 113 cm³/mol. The van der Waals surface area contributed by atoms with Crippen molar-refractivity contribution in [1.29, 1.82) is 0 Å². The Morgan fingerprint density at radius 1 is 1.18 bits per heavy atom. The molecule has 0 radical (unpaired) electrons. The second kappa shape index (κ2) is 9.63. The zero-order valence-corrected chi connectivity index (χ0v) is 17.2. The quantitative estimate of drug-likeness (QED) is 0.812. The minimum Gasteiger partial charge on any atom is -0.352 e. The molecule has 2 saturated heterocycles. The molecule has 2 aromatic rings. The lowest BCUT2D eigenvalue weighted by Crippen LogP contribution is -2.50. The fraction of sp³-hybridized carbons (Fsp3) is 0.545. The van der Waals surface area contributed by atoms with Gasteiger partial charge in [-0.1, -0.05) is 12.1 Å². The van der Waals surface area contributed by atoms with Crippen LogP contribution in [-0.2, 0) is 17.9 Å². The van der Waals surface area contributed by atoms with Crippen LogP contribution >= 0.6 is 11.3 Å². The van der Waals surface area contributed by atoms with Gasteiger partial charge in [0.25, 0.3) is 0 Å². The Bertz CT molecular complexity index is 728. The average molecular weight is 399 g/mol. The van der Waals surface area contributed by atoms with Crippen molar-refractivity contribution < 1.29 is 4.79 Å². The van der Waals surface area contributed by atoms with E-state index in [1.165, 1.54) is 17.7 Å². The molecule has 1 atom stereocenters. The second-order valence-electron chi connectivity index (χ2n) is 8.00. The molecule has 5 nitrogen and oxygen atoms in total. The molecule has 0 spiro atoms. The molecule has 0 aliphatic carbocycles. The van der Waals surface area contributed by atoms with Gasteiger partial charge in [-0.05, 0) is 55.3 Å². The van der Waals surface area contributed by atoms with Crippen molar-refractivity contribution in [3.8, 4) is 0 Å². The Morgan fingerprint density at radius 2 is 2.07 bits per heavy atom. The largest absolute Gasteiger partial charge is 0.352 e. The first-order valence-electron chi connectivity index (χ1n) is 10.4. The molecule has 0 aromatic carbocycles. The summed E-state index contributed by atoms with van der Waals surface area (Å²) in [5.74, 6) is 0.318. The van der Waals surface area contributed by atoms with Gasteiger partial charge in [-0.2, -0.15) is 0 Å². The maximum atomic E-state index is 12.7. The molecule has 4 rings (SSSR count). The molecule has 1 unspecified atom stereocenters. The molecular formula is C22H30N4OS. The zero-order chi connectivity index (χ0) is 19.2. The van der Waals surface area contributed by atoms with Gasteiger partial charge in [0.05, 0.1) is 5.92 Å². The van der Waals surface area contributed by atoms with E-state index in [-0.39, 0.29) is 11.8 Å². The number of nitrogens with zero attached hydrogens (tertiary/aromatic N) is 3. The summed E-state index contributed by atoms with van der Waals surface area (Å²) < 4.78 is 0. The Labute approximate surface area is 171 Å². The monoisotopic (exact) mass is 398 g/mol. The fourth-order valence-corrected chi connectivity index (χ4v) is 5.20. The Hall–Kier alpha value is -1.76. The van der Waals surface area contributed by atoms with Crippen molar-refractivity contribution in [3.05, 3.63) is 52.5 Å². The molecule has 2 aromatic heterocycles. The summed E-state index contributed by atoms with van der Waals surface area (Å²) in [5.41, 5.74) is 1.06. The van der Waals surface area contributed by atoms with Crippen LogP contribution in [0.15, 0.2) is 42.0 Å². The lowest BCUT2D eigenvalue weighted by atomic mass is 9.93. The number of carbonyl (C=O) groups excluding carboxylic acids is 1. The number of amides is 1. The van der Waals surface area contributed by atoms with E-state index in [9.17, 15) is 4.79 Å². The van der Waals surface area contributed by atoms with Crippen LogP contribution < -0.4 is 5.32 Å². The molecular weight excluding hydrogens is 368 g/mol. The van der Waals surface area contributed by atoms with Crippen LogP contribution in [0.5, 0.6) is 0 Å². The van der Waals surface area contributed by atoms with E-state index in [1.54, 1.807) is 6.20 Å². The van der Waals surface area contributed by atoms with Crippen molar-refractivity contribution in [2.45, 2.75) is 44.8 Å². The molecule has 1 N–H and O–H groups in total. The van der Waals surface area contributed by atoms with Crippen LogP contribution in [0.4, 0.5) is 0 Å². The van der Waals surface area contributed by atoms with Crippen LogP contribution in [-0.4, -0.2) is 52.9 Å². The summed E-state index contributed by atoms with van der Waals surface area (Å²) in [6.45, 7) is 6.04. The number of pyridine rings is 1. The average Bonchev–Trinajstić information content (AvgIpc) is 3.26. The number of carbonyl (C=O) groups is 1. The van der Waals surface area contributed by atoms with Crippen molar-refractivity contribution in [2.75, 3.05) is 26.2 Å². The summed E-state index contributed by atoms with van der Waals surface area (Å²) >= 11 is 1.85.